The molecule has 0 radical (unpaired) electrons. The summed E-state index contributed by atoms with van der Waals surface area (Å²) in [7, 11) is 0. The molecule has 1 saturated carbocycles. The number of aliphatic hydroxyl groups is 3. The minimum Gasteiger partial charge on any atom is -0.482 e. The fraction of sp³-hybridized carbons (Fsp3) is 0.409. The first kappa shape index (κ1) is 19.8. The third kappa shape index (κ3) is 3.36. The molecule has 8 heteroatoms. The molecule has 0 aromatic heterocycles. The molecule has 1 aliphatic carbocycles. The summed E-state index contributed by atoms with van der Waals surface area (Å²) < 4.78 is 11.5. The number of halogens is 1. The molecule has 4 atom stereocenters. The average Bonchev–Trinajstić information content (AvgIpc) is 3.52. The molecule has 5 rings (SSSR count). The highest BCUT2D eigenvalue weighted by Crippen LogP contribution is 2.52. The second-order valence-corrected chi connectivity index (χ2v) is 8.63. The van der Waals surface area contributed by atoms with Gasteiger partial charge in [-0.3, -0.25) is 4.79 Å². The van der Waals surface area contributed by atoms with Crippen LogP contribution in [0.3, 0.4) is 0 Å². The van der Waals surface area contributed by atoms with Gasteiger partial charge in [-0.2, -0.15) is 0 Å². The Bertz CT molecular complexity index is 1010. The van der Waals surface area contributed by atoms with Crippen LogP contribution in [-0.2, 0) is 16.0 Å². The Kier molecular flexibility index (Phi) is 4.76. The summed E-state index contributed by atoms with van der Waals surface area (Å²) in [5, 5.41) is 34.3. The molecule has 2 fully saturated rings. The first-order valence-electron chi connectivity index (χ1n) is 9.92. The van der Waals surface area contributed by atoms with Crippen LogP contribution in [0.5, 0.6) is 5.75 Å². The van der Waals surface area contributed by atoms with Crippen LogP contribution >= 0.6 is 11.6 Å². The van der Waals surface area contributed by atoms with Crippen LogP contribution < -0.4 is 10.1 Å². The number of rotatable bonds is 3. The lowest BCUT2D eigenvalue weighted by molar-refractivity contribution is -0.236. The van der Waals surface area contributed by atoms with Crippen molar-refractivity contribution in [2.45, 2.75) is 49.3 Å². The first-order chi connectivity index (χ1) is 14.4. The molecule has 2 aromatic carbocycles. The molecule has 0 bridgehead atoms. The summed E-state index contributed by atoms with van der Waals surface area (Å²) in [5.41, 5.74) is 2.33. The molecule has 2 aliphatic heterocycles. The SMILES string of the molecule is O=C1COc2cc(Cc3cc([C@@H]4OC5(CC5)[C@@H](O)C(O)C4O)ccc3Cl)ccc2N1. The third-order valence-electron chi connectivity index (χ3n) is 6.10. The lowest BCUT2D eigenvalue weighted by Gasteiger charge is -2.41. The summed E-state index contributed by atoms with van der Waals surface area (Å²) in [6.07, 6.45) is -2.52. The van der Waals surface area contributed by atoms with Crippen molar-refractivity contribution in [2.75, 3.05) is 11.9 Å². The molecule has 158 valence electrons. The zero-order valence-electron chi connectivity index (χ0n) is 16.0. The van der Waals surface area contributed by atoms with E-state index < -0.39 is 30.0 Å². The Morgan fingerprint density at radius 1 is 1.10 bits per heavy atom. The molecule has 1 saturated heterocycles. The smallest absolute Gasteiger partial charge is 0.262 e. The van der Waals surface area contributed by atoms with Crippen LogP contribution in [0, 0.1) is 0 Å². The van der Waals surface area contributed by atoms with Crippen molar-refractivity contribution < 1.29 is 29.6 Å². The number of hydrogen-bond acceptors (Lipinski definition) is 6. The number of ether oxygens (including phenoxy) is 2. The maximum atomic E-state index is 11.4. The number of benzene rings is 2. The predicted octanol–water partition coefficient (Wildman–Crippen LogP) is 1.95. The van der Waals surface area contributed by atoms with Crippen molar-refractivity contribution in [3.8, 4) is 5.75 Å². The van der Waals surface area contributed by atoms with Gasteiger partial charge in [0.05, 0.1) is 11.3 Å². The molecular formula is C22H22ClNO6. The van der Waals surface area contributed by atoms with Crippen LogP contribution in [0.25, 0.3) is 0 Å². The van der Waals surface area contributed by atoms with Gasteiger partial charge in [-0.05, 0) is 54.2 Å². The van der Waals surface area contributed by atoms with Crippen molar-refractivity contribution in [1.29, 1.82) is 0 Å². The minimum atomic E-state index is -1.27. The Morgan fingerprint density at radius 2 is 1.90 bits per heavy atom. The van der Waals surface area contributed by atoms with Crippen LogP contribution in [0.4, 0.5) is 5.69 Å². The van der Waals surface area contributed by atoms with Gasteiger partial charge in [0.1, 0.15) is 30.2 Å². The van der Waals surface area contributed by atoms with Gasteiger partial charge in [0.2, 0.25) is 0 Å². The minimum absolute atomic E-state index is 0.0144. The van der Waals surface area contributed by atoms with Crippen molar-refractivity contribution in [1.82, 2.24) is 0 Å². The summed E-state index contributed by atoms with van der Waals surface area (Å²) in [6.45, 7) is -0.0144. The Balaban J connectivity index is 1.41. The normalized spacial score (nSPS) is 29.1. The van der Waals surface area contributed by atoms with E-state index in [2.05, 4.69) is 5.32 Å². The summed E-state index contributed by atoms with van der Waals surface area (Å²) in [6, 6.07) is 10.9. The van der Waals surface area contributed by atoms with Gasteiger partial charge >= 0.3 is 0 Å². The van der Waals surface area contributed by atoms with E-state index >= 15 is 0 Å². The van der Waals surface area contributed by atoms with E-state index in [1.165, 1.54) is 0 Å². The van der Waals surface area contributed by atoms with Crippen LogP contribution in [0.15, 0.2) is 36.4 Å². The highest BCUT2D eigenvalue weighted by Gasteiger charge is 2.60. The van der Waals surface area contributed by atoms with Crippen molar-refractivity contribution in [3.63, 3.8) is 0 Å². The molecule has 1 amide bonds. The number of anilines is 1. The molecule has 4 N–H and O–H groups in total. The largest absolute Gasteiger partial charge is 0.482 e. The Hall–Kier alpha value is -2.16. The fourth-order valence-electron chi connectivity index (χ4n) is 4.23. The summed E-state index contributed by atoms with van der Waals surface area (Å²) in [5.74, 6) is 0.427. The predicted molar refractivity (Wildman–Crippen MR) is 109 cm³/mol. The lowest BCUT2D eigenvalue weighted by Crippen LogP contribution is -2.55. The van der Waals surface area contributed by atoms with E-state index in [0.717, 1.165) is 11.1 Å². The van der Waals surface area contributed by atoms with E-state index in [1.807, 2.05) is 18.2 Å². The number of hydrogen-bond donors (Lipinski definition) is 4. The van der Waals surface area contributed by atoms with Crippen LogP contribution in [0.2, 0.25) is 5.02 Å². The van der Waals surface area contributed by atoms with Gasteiger partial charge in [-0.1, -0.05) is 29.8 Å². The van der Waals surface area contributed by atoms with E-state index in [-0.39, 0.29) is 12.5 Å². The van der Waals surface area contributed by atoms with Gasteiger partial charge in [-0.15, -0.1) is 0 Å². The Morgan fingerprint density at radius 3 is 2.67 bits per heavy atom. The number of aliphatic hydroxyl groups excluding tert-OH is 3. The number of fused-ring (bicyclic) bond motifs is 1. The monoisotopic (exact) mass is 431 g/mol. The molecule has 2 heterocycles. The van der Waals surface area contributed by atoms with Crippen molar-refractivity contribution in [2.24, 2.45) is 0 Å². The summed E-state index contributed by atoms with van der Waals surface area (Å²) in [4.78, 5) is 11.4. The lowest BCUT2D eigenvalue weighted by atomic mass is 9.89. The molecule has 7 nitrogen and oxygen atoms in total. The topological polar surface area (TPSA) is 108 Å². The van der Waals surface area contributed by atoms with Crippen molar-refractivity contribution in [3.05, 3.63) is 58.1 Å². The molecule has 3 aliphatic rings. The van der Waals surface area contributed by atoms with E-state index in [4.69, 9.17) is 21.1 Å². The van der Waals surface area contributed by atoms with Gasteiger partial charge in [0.25, 0.3) is 5.91 Å². The molecular weight excluding hydrogens is 410 g/mol. The molecule has 2 unspecified atom stereocenters. The highest BCUT2D eigenvalue weighted by molar-refractivity contribution is 6.31. The zero-order valence-corrected chi connectivity index (χ0v) is 16.8. The fourth-order valence-corrected chi connectivity index (χ4v) is 4.41. The third-order valence-corrected chi connectivity index (χ3v) is 6.47. The highest BCUT2D eigenvalue weighted by atomic mass is 35.5. The van der Waals surface area contributed by atoms with Gasteiger partial charge in [0.15, 0.2) is 6.61 Å². The first-order valence-corrected chi connectivity index (χ1v) is 10.3. The second-order valence-electron chi connectivity index (χ2n) is 8.22. The number of nitrogens with one attached hydrogen (secondary N) is 1. The number of carbonyl (C=O) groups is 1. The van der Waals surface area contributed by atoms with E-state index in [1.54, 1.807) is 18.2 Å². The van der Waals surface area contributed by atoms with E-state index in [0.29, 0.717) is 41.3 Å². The van der Waals surface area contributed by atoms with Crippen LogP contribution in [-0.4, -0.2) is 51.7 Å². The molecule has 1 spiro atoms. The quantitative estimate of drug-likeness (QED) is 0.591. The maximum absolute atomic E-state index is 11.4. The zero-order chi connectivity index (χ0) is 21.0. The van der Waals surface area contributed by atoms with Gasteiger partial charge in [-0.25, -0.2) is 0 Å². The van der Waals surface area contributed by atoms with Gasteiger partial charge < -0.3 is 30.1 Å². The van der Waals surface area contributed by atoms with E-state index in [9.17, 15) is 20.1 Å². The number of carbonyl (C=O) groups excluding carboxylic acids is 1. The average molecular weight is 432 g/mol. The second kappa shape index (κ2) is 7.21. The van der Waals surface area contributed by atoms with Crippen LogP contribution in [0.1, 0.15) is 35.6 Å². The maximum Gasteiger partial charge on any atom is 0.262 e. The number of amides is 1. The molecule has 2 aromatic rings. The standard InChI is InChI=1S/C22H22ClNO6/c23-14-3-2-12(20-18(26)19(27)21(28)22(30-20)5-6-22)9-13(14)7-11-1-4-15-16(8-11)29-10-17(25)24-15/h1-4,8-9,18-21,26-28H,5-7,10H2,(H,24,25)/t18?,19?,20-,21-/m0/s1. The summed E-state index contributed by atoms with van der Waals surface area (Å²) >= 11 is 6.42. The van der Waals surface area contributed by atoms with Gasteiger partial charge in [0, 0.05) is 5.02 Å². The van der Waals surface area contributed by atoms with Crippen molar-refractivity contribution >= 4 is 23.2 Å². The molecule has 30 heavy (non-hydrogen) atoms. The Labute approximate surface area is 178 Å².